The molecule has 0 atom stereocenters. The molecule has 2 aromatic rings. The van der Waals surface area contributed by atoms with Gasteiger partial charge in [-0.15, -0.1) is 0 Å². The van der Waals surface area contributed by atoms with Gasteiger partial charge in [0.1, 0.15) is 0 Å². The molecule has 3 rings (SSSR count). The van der Waals surface area contributed by atoms with Crippen molar-refractivity contribution in [1.82, 2.24) is 10.3 Å². The number of nitrogens with one attached hydrogen (secondary N) is 1. The van der Waals surface area contributed by atoms with Gasteiger partial charge in [0.15, 0.2) is 0 Å². The molecule has 0 aromatic heterocycles. The zero-order chi connectivity index (χ0) is 16.1. The van der Waals surface area contributed by atoms with Crippen molar-refractivity contribution in [2.24, 2.45) is 10.1 Å². The van der Waals surface area contributed by atoms with E-state index in [-0.39, 0.29) is 0 Å². The average Bonchev–Trinajstić information content (AvgIpc) is 3.01. The molecular weight excluding hydrogens is 308 g/mol. The number of benzene rings is 2. The summed E-state index contributed by atoms with van der Waals surface area (Å²) in [5, 5.41) is 5.17. The van der Waals surface area contributed by atoms with Crippen LogP contribution in [0.4, 0.5) is 0 Å². The van der Waals surface area contributed by atoms with E-state index < -0.39 is 0 Å². The van der Waals surface area contributed by atoms with Gasteiger partial charge in [0.2, 0.25) is 5.96 Å². The molecule has 0 amide bonds. The van der Waals surface area contributed by atoms with Gasteiger partial charge in [0.05, 0.1) is 12.3 Å². The molecule has 2 aromatic carbocycles. The first-order valence-corrected chi connectivity index (χ1v) is 8.00. The fourth-order valence-electron chi connectivity index (χ4n) is 2.44. The first kappa shape index (κ1) is 15.6. The molecule has 0 fully saturated rings. The minimum absolute atomic E-state index is 0.726. The second-order valence-electron chi connectivity index (χ2n) is 5.43. The van der Waals surface area contributed by atoms with Crippen LogP contribution in [0.1, 0.15) is 18.1 Å². The molecule has 0 unspecified atom stereocenters. The average molecular weight is 327 g/mol. The largest absolute Gasteiger partial charge is 0.335 e. The summed E-state index contributed by atoms with van der Waals surface area (Å²) in [5.74, 6) is 0.821. The maximum atomic E-state index is 5.91. The molecule has 0 aliphatic carbocycles. The van der Waals surface area contributed by atoms with Crippen LogP contribution in [0, 0.1) is 0 Å². The Hall–Kier alpha value is -2.33. The van der Waals surface area contributed by atoms with E-state index in [9.17, 15) is 0 Å². The Morgan fingerprint density at radius 1 is 1.17 bits per heavy atom. The van der Waals surface area contributed by atoms with Gasteiger partial charge in [-0.05, 0) is 30.2 Å². The van der Waals surface area contributed by atoms with Gasteiger partial charge in [-0.1, -0.05) is 54.1 Å². The summed E-state index contributed by atoms with van der Waals surface area (Å²) in [5.41, 5.74) is 6.30. The van der Waals surface area contributed by atoms with Crippen LogP contribution >= 0.6 is 11.6 Å². The molecule has 23 heavy (non-hydrogen) atoms. The highest BCUT2D eigenvalue weighted by Crippen LogP contribution is 2.11. The van der Waals surface area contributed by atoms with Crippen molar-refractivity contribution in [3.05, 3.63) is 70.7 Å². The van der Waals surface area contributed by atoms with Gasteiger partial charge < -0.3 is 4.90 Å². The first-order chi connectivity index (χ1) is 11.2. The van der Waals surface area contributed by atoms with Gasteiger partial charge in [-0.25, -0.2) is 10.4 Å². The highest BCUT2D eigenvalue weighted by molar-refractivity contribution is 6.30. The second kappa shape index (κ2) is 7.29. The Bertz CT molecular complexity index is 708. The molecule has 1 aliphatic heterocycles. The van der Waals surface area contributed by atoms with E-state index in [2.05, 4.69) is 44.7 Å². The quantitative estimate of drug-likeness (QED) is 0.689. The van der Waals surface area contributed by atoms with Gasteiger partial charge >= 0.3 is 0 Å². The summed E-state index contributed by atoms with van der Waals surface area (Å²) in [6.45, 7) is 4.51. The summed E-state index contributed by atoms with van der Waals surface area (Å²) in [4.78, 5) is 6.70. The number of rotatable bonds is 4. The van der Waals surface area contributed by atoms with Crippen molar-refractivity contribution >= 4 is 23.3 Å². The van der Waals surface area contributed by atoms with Crippen molar-refractivity contribution in [3.8, 4) is 0 Å². The predicted molar refractivity (Wildman–Crippen MR) is 96.0 cm³/mol. The second-order valence-corrected chi connectivity index (χ2v) is 5.86. The maximum absolute atomic E-state index is 5.91. The van der Waals surface area contributed by atoms with E-state index >= 15 is 0 Å². The zero-order valence-corrected chi connectivity index (χ0v) is 13.8. The summed E-state index contributed by atoms with van der Waals surface area (Å²) in [6, 6.07) is 18.0. The molecular formula is C18H19ClN4. The normalized spacial score (nSPS) is 14.8. The van der Waals surface area contributed by atoms with Crippen molar-refractivity contribution in [1.29, 1.82) is 0 Å². The molecule has 118 valence electrons. The molecule has 0 saturated heterocycles. The minimum Gasteiger partial charge on any atom is -0.335 e. The van der Waals surface area contributed by atoms with Crippen LogP contribution in [0.3, 0.4) is 0 Å². The number of guanidine groups is 1. The molecule has 1 heterocycles. The molecule has 5 heteroatoms. The summed E-state index contributed by atoms with van der Waals surface area (Å²) >= 11 is 5.91. The Morgan fingerprint density at radius 3 is 2.65 bits per heavy atom. The van der Waals surface area contributed by atoms with Gasteiger partial charge in [0.25, 0.3) is 0 Å². The van der Waals surface area contributed by atoms with Crippen LogP contribution in [-0.4, -0.2) is 29.7 Å². The summed E-state index contributed by atoms with van der Waals surface area (Å²) in [7, 11) is 0. The van der Waals surface area contributed by atoms with Gasteiger partial charge in [0, 0.05) is 18.1 Å². The van der Waals surface area contributed by atoms with Crippen molar-refractivity contribution in [2.45, 2.75) is 13.5 Å². The van der Waals surface area contributed by atoms with E-state index in [0.717, 1.165) is 41.9 Å². The van der Waals surface area contributed by atoms with E-state index in [1.807, 2.05) is 37.3 Å². The molecule has 1 aliphatic rings. The number of nitrogens with zero attached hydrogens (tertiary/aromatic N) is 3. The number of halogens is 1. The molecule has 0 spiro atoms. The van der Waals surface area contributed by atoms with Gasteiger partial charge in [-0.3, -0.25) is 0 Å². The van der Waals surface area contributed by atoms with Crippen molar-refractivity contribution in [3.63, 3.8) is 0 Å². The zero-order valence-electron chi connectivity index (χ0n) is 13.0. The third kappa shape index (κ3) is 4.11. The van der Waals surface area contributed by atoms with Crippen LogP contribution in [0.2, 0.25) is 5.02 Å². The summed E-state index contributed by atoms with van der Waals surface area (Å²) < 4.78 is 0. The predicted octanol–water partition coefficient (Wildman–Crippen LogP) is 3.53. The summed E-state index contributed by atoms with van der Waals surface area (Å²) in [6.07, 6.45) is 0. The first-order valence-electron chi connectivity index (χ1n) is 7.62. The third-order valence-corrected chi connectivity index (χ3v) is 3.98. The lowest BCUT2D eigenvalue weighted by Gasteiger charge is -2.19. The Balaban J connectivity index is 1.64. The third-order valence-electron chi connectivity index (χ3n) is 3.73. The van der Waals surface area contributed by atoms with E-state index in [1.54, 1.807) is 0 Å². The van der Waals surface area contributed by atoms with Crippen LogP contribution in [0.25, 0.3) is 0 Å². The van der Waals surface area contributed by atoms with Crippen LogP contribution < -0.4 is 5.43 Å². The Labute approximate surface area is 141 Å². The van der Waals surface area contributed by atoms with Gasteiger partial charge in [-0.2, -0.15) is 5.10 Å². The number of hydrazone groups is 1. The molecule has 4 nitrogen and oxygen atoms in total. The van der Waals surface area contributed by atoms with Crippen molar-refractivity contribution in [2.75, 3.05) is 13.1 Å². The topological polar surface area (TPSA) is 40.0 Å². The van der Waals surface area contributed by atoms with E-state index in [4.69, 9.17) is 11.6 Å². The van der Waals surface area contributed by atoms with E-state index in [1.165, 1.54) is 5.56 Å². The Kier molecular flexibility index (Phi) is 4.93. The highest BCUT2D eigenvalue weighted by Gasteiger charge is 2.16. The monoisotopic (exact) mass is 326 g/mol. The van der Waals surface area contributed by atoms with Crippen LogP contribution in [0.5, 0.6) is 0 Å². The fraction of sp³-hybridized carbons (Fsp3) is 0.222. The molecule has 0 saturated carbocycles. The van der Waals surface area contributed by atoms with Crippen LogP contribution in [0.15, 0.2) is 64.7 Å². The number of hydrogen-bond donors (Lipinski definition) is 1. The molecule has 0 radical (unpaired) electrons. The minimum atomic E-state index is 0.726. The Morgan fingerprint density at radius 2 is 1.91 bits per heavy atom. The lowest BCUT2D eigenvalue weighted by Crippen LogP contribution is -2.35. The molecule has 1 N–H and O–H groups in total. The standard InChI is InChI=1S/C18H19ClN4/c1-14(16-7-9-17(19)10-8-16)21-22-18-20-11-12-23(18)13-15-5-3-2-4-6-15/h2-10H,11-13H2,1H3,(H,20,22)/b21-14-. The SMILES string of the molecule is C/C(=N/NC1=NCCN1Cc1ccccc1)c1ccc(Cl)cc1. The lowest BCUT2D eigenvalue weighted by atomic mass is 10.1. The lowest BCUT2D eigenvalue weighted by molar-refractivity contribution is 0.438. The maximum Gasteiger partial charge on any atom is 0.215 e. The molecule has 0 bridgehead atoms. The van der Waals surface area contributed by atoms with Crippen molar-refractivity contribution < 1.29 is 0 Å². The number of hydrogen-bond acceptors (Lipinski definition) is 4. The smallest absolute Gasteiger partial charge is 0.215 e. The van der Waals surface area contributed by atoms with Crippen LogP contribution in [-0.2, 0) is 6.54 Å². The van der Waals surface area contributed by atoms with E-state index in [0.29, 0.717) is 0 Å². The number of aliphatic imine (C=N–C) groups is 1. The highest BCUT2D eigenvalue weighted by atomic mass is 35.5. The fourth-order valence-corrected chi connectivity index (χ4v) is 2.56.